The number of aromatic nitrogens is 7. The summed E-state index contributed by atoms with van der Waals surface area (Å²) >= 11 is 0. The Morgan fingerprint density at radius 1 is 0.303 bits per heavy atom. The number of fused-ring (bicyclic) bond motifs is 3. The minimum Gasteiger partial charge on any atom is -0.308 e. The highest BCUT2D eigenvalue weighted by atomic mass is 15.1. The maximum Gasteiger partial charge on any atom is 0.166 e. The minimum absolute atomic E-state index is 0.527. The number of rotatable bonds is 8. The SMILES string of the molecule is Bc1c(B)c(B)c(-c2cccc3c2c2ccccc2n3-c2ccc(-c3nc(-c4ccccc4)nc(-c4ccccc4)n3)cc2-c2nc(-c3ccccc3)nc(-c3ccccc3)n2)c(B)c1B. The van der Waals surface area contributed by atoms with Gasteiger partial charge in [0.15, 0.2) is 34.9 Å². The van der Waals surface area contributed by atoms with E-state index < -0.39 is 0 Å². The molecule has 3 heterocycles. The smallest absolute Gasteiger partial charge is 0.166 e. The van der Waals surface area contributed by atoms with Crippen molar-refractivity contribution in [3.05, 3.63) is 182 Å². The molecule has 0 saturated carbocycles. The number of nitrogens with zero attached hydrogens (tertiary/aromatic N) is 7. The molecule has 0 fully saturated rings. The highest BCUT2D eigenvalue weighted by molar-refractivity contribution is 6.69. The fourth-order valence-corrected chi connectivity index (χ4v) is 9.31. The molecule has 3 aromatic heterocycles. The van der Waals surface area contributed by atoms with Crippen LogP contribution < -0.4 is 27.3 Å². The third kappa shape index (κ3) is 7.11. The molecule has 0 N–H and O–H groups in total. The molecule has 11 aromatic rings. The summed E-state index contributed by atoms with van der Waals surface area (Å²) in [6, 6.07) is 62.2. The summed E-state index contributed by atoms with van der Waals surface area (Å²) in [5.74, 6) is 3.40. The summed E-state index contributed by atoms with van der Waals surface area (Å²) in [6.07, 6.45) is 0. The van der Waals surface area contributed by atoms with E-state index in [0.717, 1.165) is 55.5 Å². The van der Waals surface area contributed by atoms with E-state index in [9.17, 15) is 0 Å². The Hall–Kier alpha value is -8.10. The molecule has 8 aromatic carbocycles. The topological polar surface area (TPSA) is 82.3 Å². The standard InChI is InChI=1S/C54H40B5N7/c55-44-43(45(56)47(58)48(59)46(44)57)37-25-15-27-41-42(37)36-24-13-14-26-39(36)66(41)40-29-28-35(53-62-49(31-16-5-1-6-17-31)60-50(63-53)32-18-7-2-8-19-32)30-38(40)54-64-51(33-20-9-3-10-21-33)61-52(65-54)34-22-11-4-12-23-34/h1-30H,55-59H2. The van der Waals surface area contributed by atoms with Crippen molar-refractivity contribution < 1.29 is 0 Å². The molecule has 0 bridgehead atoms. The van der Waals surface area contributed by atoms with Gasteiger partial charge in [0.25, 0.3) is 0 Å². The van der Waals surface area contributed by atoms with E-state index in [2.05, 4.69) is 104 Å². The molecule has 0 atom stereocenters. The molecule has 11 rings (SSSR count). The van der Waals surface area contributed by atoms with Gasteiger partial charge in [-0.2, -0.15) is 0 Å². The van der Waals surface area contributed by atoms with Gasteiger partial charge in [-0.1, -0.05) is 163 Å². The lowest BCUT2D eigenvalue weighted by atomic mass is 9.59. The second-order valence-corrected chi connectivity index (χ2v) is 16.9. The van der Waals surface area contributed by atoms with Crippen LogP contribution in [-0.2, 0) is 0 Å². The average molecular weight is 841 g/mol. The zero-order chi connectivity index (χ0) is 44.9. The van der Waals surface area contributed by atoms with E-state index in [-0.39, 0.29) is 0 Å². The molecule has 7 nitrogen and oxygen atoms in total. The molecule has 0 saturated heterocycles. The first-order chi connectivity index (χ1) is 32.3. The zero-order valence-corrected chi connectivity index (χ0v) is 37.5. The van der Waals surface area contributed by atoms with Crippen LogP contribution >= 0.6 is 0 Å². The van der Waals surface area contributed by atoms with Crippen molar-refractivity contribution in [1.82, 2.24) is 34.5 Å². The highest BCUT2D eigenvalue weighted by Gasteiger charge is 2.24. The fourth-order valence-electron chi connectivity index (χ4n) is 9.31. The average Bonchev–Trinajstić information content (AvgIpc) is 3.73. The van der Waals surface area contributed by atoms with Crippen LogP contribution in [0.3, 0.4) is 0 Å². The van der Waals surface area contributed by atoms with E-state index in [0.29, 0.717) is 34.9 Å². The van der Waals surface area contributed by atoms with Crippen molar-refractivity contribution in [2.75, 3.05) is 0 Å². The van der Waals surface area contributed by atoms with Crippen LogP contribution in [0.1, 0.15) is 0 Å². The van der Waals surface area contributed by atoms with E-state index in [1.807, 2.05) is 121 Å². The molecule has 12 heteroatoms. The molecule has 0 aliphatic rings. The zero-order valence-electron chi connectivity index (χ0n) is 37.5. The third-order valence-electron chi connectivity index (χ3n) is 13.1. The number of hydrogen-bond donors (Lipinski definition) is 0. The van der Waals surface area contributed by atoms with Crippen LogP contribution in [0.15, 0.2) is 182 Å². The molecule has 0 radical (unpaired) electrons. The Balaban J connectivity index is 1.23. The predicted molar refractivity (Wildman–Crippen MR) is 286 cm³/mol. The van der Waals surface area contributed by atoms with Crippen LogP contribution in [-0.4, -0.2) is 73.7 Å². The van der Waals surface area contributed by atoms with E-state index in [1.165, 1.54) is 43.8 Å². The molecule has 0 aliphatic heterocycles. The molecule has 0 unspecified atom stereocenters. The number of hydrogen-bond acceptors (Lipinski definition) is 6. The Kier molecular flexibility index (Phi) is 10.3. The third-order valence-corrected chi connectivity index (χ3v) is 13.1. The van der Waals surface area contributed by atoms with Crippen LogP contribution in [0.25, 0.3) is 107 Å². The molecule has 0 aliphatic carbocycles. The van der Waals surface area contributed by atoms with Crippen LogP contribution in [0, 0.1) is 0 Å². The molecule has 306 valence electrons. The van der Waals surface area contributed by atoms with Crippen molar-refractivity contribution in [3.8, 4) is 85.1 Å². The summed E-state index contributed by atoms with van der Waals surface area (Å²) in [5.41, 5.74) is 17.4. The Labute approximate surface area is 388 Å². The second kappa shape index (κ2) is 16.8. The first-order valence-electron chi connectivity index (χ1n) is 22.3. The van der Waals surface area contributed by atoms with Crippen LogP contribution in [0.4, 0.5) is 0 Å². The van der Waals surface area contributed by atoms with Crippen molar-refractivity contribution in [2.45, 2.75) is 0 Å². The van der Waals surface area contributed by atoms with Crippen molar-refractivity contribution >= 4 is 88.4 Å². The Bertz CT molecular complexity index is 3500. The van der Waals surface area contributed by atoms with Crippen molar-refractivity contribution in [1.29, 1.82) is 0 Å². The first kappa shape index (κ1) is 40.7. The first-order valence-corrected chi connectivity index (χ1v) is 22.3. The maximum atomic E-state index is 5.32. The van der Waals surface area contributed by atoms with Gasteiger partial charge in [0.05, 0.1) is 16.7 Å². The van der Waals surface area contributed by atoms with Gasteiger partial charge in [-0.05, 0) is 41.5 Å². The Morgan fingerprint density at radius 3 is 1.18 bits per heavy atom. The predicted octanol–water partition coefficient (Wildman–Crippen LogP) is 4.11. The molecule has 0 spiro atoms. The van der Waals surface area contributed by atoms with Gasteiger partial charge in [-0.25, -0.2) is 29.9 Å². The quantitative estimate of drug-likeness (QED) is 0.215. The number of benzene rings is 8. The van der Waals surface area contributed by atoms with Gasteiger partial charge in [-0.15, -0.1) is 16.4 Å². The highest BCUT2D eigenvalue weighted by Crippen LogP contribution is 2.41. The monoisotopic (exact) mass is 841 g/mol. The minimum atomic E-state index is 0.527. The largest absolute Gasteiger partial charge is 0.308 e. The van der Waals surface area contributed by atoms with E-state index in [4.69, 9.17) is 29.9 Å². The molecular weight excluding hydrogens is 801 g/mol. The summed E-state index contributed by atoms with van der Waals surface area (Å²) in [7, 11) is 11.3. The summed E-state index contributed by atoms with van der Waals surface area (Å²) in [6.45, 7) is 0. The van der Waals surface area contributed by atoms with Gasteiger partial charge < -0.3 is 4.57 Å². The normalized spacial score (nSPS) is 11.3. The summed E-state index contributed by atoms with van der Waals surface area (Å²) in [4.78, 5) is 31.0. The van der Waals surface area contributed by atoms with Gasteiger partial charge >= 0.3 is 0 Å². The van der Waals surface area contributed by atoms with Crippen molar-refractivity contribution in [3.63, 3.8) is 0 Å². The van der Waals surface area contributed by atoms with Crippen LogP contribution in [0.2, 0.25) is 0 Å². The fraction of sp³-hybridized carbons (Fsp3) is 0. The van der Waals surface area contributed by atoms with E-state index in [1.54, 1.807) is 0 Å². The van der Waals surface area contributed by atoms with Gasteiger partial charge in [0.1, 0.15) is 39.2 Å². The number of para-hydroxylation sites is 1. The maximum absolute atomic E-state index is 5.32. The lowest BCUT2D eigenvalue weighted by molar-refractivity contribution is 1.06. The van der Waals surface area contributed by atoms with Gasteiger partial charge in [-0.3, -0.25) is 0 Å². The molecular formula is C54H40B5N7. The summed E-state index contributed by atoms with van der Waals surface area (Å²) < 4.78 is 2.37. The lowest BCUT2D eigenvalue weighted by Gasteiger charge is -2.21. The second-order valence-electron chi connectivity index (χ2n) is 16.9. The summed E-state index contributed by atoms with van der Waals surface area (Å²) in [5, 5.41) is 2.36. The van der Waals surface area contributed by atoms with Crippen molar-refractivity contribution in [2.24, 2.45) is 0 Å². The van der Waals surface area contributed by atoms with Gasteiger partial charge in [0.2, 0.25) is 0 Å². The lowest BCUT2D eigenvalue weighted by Crippen LogP contribution is -2.55. The van der Waals surface area contributed by atoms with Crippen LogP contribution in [0.5, 0.6) is 0 Å². The molecule has 0 amide bonds. The van der Waals surface area contributed by atoms with Gasteiger partial charge in [0, 0.05) is 44.2 Å². The van der Waals surface area contributed by atoms with E-state index >= 15 is 0 Å². The molecule has 66 heavy (non-hydrogen) atoms. The Morgan fingerprint density at radius 2 is 0.697 bits per heavy atom.